The summed E-state index contributed by atoms with van der Waals surface area (Å²) in [7, 11) is 5.81. The average molecular weight is 354 g/mol. The molecule has 0 fully saturated rings. The fourth-order valence-electron chi connectivity index (χ4n) is 3.54. The van der Waals surface area contributed by atoms with Crippen LogP contribution in [0.15, 0.2) is 30.3 Å². The van der Waals surface area contributed by atoms with Gasteiger partial charge in [0, 0.05) is 13.1 Å². The lowest BCUT2D eigenvalue weighted by Crippen LogP contribution is -2.31. The molecule has 0 saturated carbocycles. The SMILES string of the molecule is COc1cc2c(cc1OCCN(C)C)C(c1cccc(C)c1C)NCC2. The smallest absolute Gasteiger partial charge is 0.161 e. The number of fused-ring (bicyclic) bond motifs is 1. The van der Waals surface area contributed by atoms with E-state index >= 15 is 0 Å². The third kappa shape index (κ3) is 3.87. The van der Waals surface area contributed by atoms with Gasteiger partial charge in [-0.2, -0.15) is 0 Å². The molecule has 0 radical (unpaired) electrons. The number of hydrogen-bond acceptors (Lipinski definition) is 4. The minimum Gasteiger partial charge on any atom is -0.493 e. The molecule has 1 N–H and O–H groups in total. The van der Waals surface area contributed by atoms with Crippen molar-refractivity contribution in [1.29, 1.82) is 0 Å². The first kappa shape index (κ1) is 18.7. The highest BCUT2D eigenvalue weighted by molar-refractivity contribution is 5.53. The summed E-state index contributed by atoms with van der Waals surface area (Å²) in [5, 5.41) is 3.69. The van der Waals surface area contributed by atoms with Gasteiger partial charge in [-0.05, 0) is 74.3 Å². The molecule has 3 rings (SSSR count). The average Bonchev–Trinajstić information content (AvgIpc) is 2.63. The number of nitrogens with zero attached hydrogens (tertiary/aromatic N) is 1. The van der Waals surface area contributed by atoms with Gasteiger partial charge in [0.25, 0.3) is 0 Å². The first-order chi connectivity index (χ1) is 12.5. The van der Waals surface area contributed by atoms with E-state index in [4.69, 9.17) is 9.47 Å². The van der Waals surface area contributed by atoms with Crippen LogP contribution in [0.25, 0.3) is 0 Å². The van der Waals surface area contributed by atoms with Crippen LogP contribution in [-0.2, 0) is 6.42 Å². The van der Waals surface area contributed by atoms with Crippen LogP contribution >= 0.6 is 0 Å². The van der Waals surface area contributed by atoms with E-state index in [1.54, 1.807) is 7.11 Å². The van der Waals surface area contributed by atoms with Crippen LogP contribution in [0.3, 0.4) is 0 Å². The van der Waals surface area contributed by atoms with Crippen molar-refractivity contribution in [2.75, 3.05) is 40.9 Å². The Labute approximate surface area is 157 Å². The van der Waals surface area contributed by atoms with E-state index in [0.29, 0.717) is 6.61 Å². The van der Waals surface area contributed by atoms with E-state index in [1.165, 1.54) is 27.8 Å². The van der Waals surface area contributed by atoms with Gasteiger partial charge in [-0.1, -0.05) is 18.2 Å². The lowest BCUT2D eigenvalue weighted by molar-refractivity contribution is 0.250. The van der Waals surface area contributed by atoms with Crippen molar-refractivity contribution in [2.24, 2.45) is 0 Å². The van der Waals surface area contributed by atoms with Crippen LogP contribution in [0.5, 0.6) is 11.5 Å². The molecule has 0 bridgehead atoms. The van der Waals surface area contributed by atoms with Crippen molar-refractivity contribution in [3.05, 3.63) is 58.1 Å². The minimum atomic E-state index is 0.195. The van der Waals surface area contributed by atoms with Gasteiger partial charge in [0.2, 0.25) is 0 Å². The molecule has 2 aromatic rings. The number of rotatable bonds is 6. The zero-order valence-electron chi connectivity index (χ0n) is 16.6. The van der Waals surface area contributed by atoms with Gasteiger partial charge >= 0.3 is 0 Å². The van der Waals surface area contributed by atoms with E-state index in [0.717, 1.165) is 31.0 Å². The minimum absolute atomic E-state index is 0.195. The molecule has 0 aliphatic carbocycles. The molecule has 4 nitrogen and oxygen atoms in total. The third-order valence-electron chi connectivity index (χ3n) is 5.23. The molecule has 1 aliphatic rings. The van der Waals surface area contributed by atoms with Crippen LogP contribution < -0.4 is 14.8 Å². The maximum absolute atomic E-state index is 6.05. The Morgan fingerprint density at radius 3 is 2.65 bits per heavy atom. The normalized spacial score (nSPS) is 16.5. The molecule has 0 aromatic heterocycles. The third-order valence-corrected chi connectivity index (χ3v) is 5.23. The Hall–Kier alpha value is -2.04. The summed E-state index contributed by atoms with van der Waals surface area (Å²) in [6.45, 7) is 6.86. The maximum atomic E-state index is 6.05. The second-order valence-electron chi connectivity index (χ2n) is 7.28. The highest BCUT2D eigenvalue weighted by Crippen LogP contribution is 2.38. The van der Waals surface area contributed by atoms with Crippen LogP contribution in [0, 0.1) is 13.8 Å². The molecule has 0 saturated heterocycles. The second-order valence-corrected chi connectivity index (χ2v) is 7.28. The Morgan fingerprint density at radius 1 is 1.12 bits per heavy atom. The van der Waals surface area contributed by atoms with Crippen LogP contribution in [-0.4, -0.2) is 45.8 Å². The molecular weight excluding hydrogens is 324 g/mol. The van der Waals surface area contributed by atoms with Crippen molar-refractivity contribution >= 4 is 0 Å². The number of benzene rings is 2. The van der Waals surface area contributed by atoms with Gasteiger partial charge in [-0.25, -0.2) is 0 Å². The molecule has 0 amide bonds. The Balaban J connectivity index is 1.98. The molecule has 140 valence electrons. The van der Waals surface area contributed by atoms with E-state index in [-0.39, 0.29) is 6.04 Å². The van der Waals surface area contributed by atoms with E-state index in [2.05, 4.69) is 54.4 Å². The highest BCUT2D eigenvalue weighted by Gasteiger charge is 2.25. The van der Waals surface area contributed by atoms with E-state index in [9.17, 15) is 0 Å². The Morgan fingerprint density at radius 2 is 1.92 bits per heavy atom. The summed E-state index contributed by atoms with van der Waals surface area (Å²) in [5.74, 6) is 1.65. The van der Waals surface area contributed by atoms with Gasteiger partial charge in [0.1, 0.15) is 6.61 Å². The van der Waals surface area contributed by atoms with Crippen molar-refractivity contribution < 1.29 is 9.47 Å². The van der Waals surface area contributed by atoms with Crippen molar-refractivity contribution in [3.63, 3.8) is 0 Å². The molecule has 1 atom stereocenters. The summed E-state index contributed by atoms with van der Waals surface area (Å²) in [5.41, 5.74) is 6.66. The summed E-state index contributed by atoms with van der Waals surface area (Å²) >= 11 is 0. The Bertz CT molecular complexity index is 771. The summed E-state index contributed by atoms with van der Waals surface area (Å²) in [6, 6.07) is 11.1. The lowest BCUT2D eigenvalue weighted by Gasteiger charge is -2.30. The number of nitrogens with one attached hydrogen (secondary N) is 1. The summed E-state index contributed by atoms with van der Waals surface area (Å²) in [6.07, 6.45) is 1.00. The van der Waals surface area contributed by atoms with Gasteiger partial charge < -0.3 is 19.7 Å². The highest BCUT2D eigenvalue weighted by atomic mass is 16.5. The lowest BCUT2D eigenvalue weighted by atomic mass is 9.86. The van der Waals surface area contributed by atoms with Gasteiger partial charge in [-0.3, -0.25) is 0 Å². The molecular formula is C22H30N2O2. The Kier molecular flexibility index (Phi) is 5.84. The van der Waals surface area contributed by atoms with E-state index in [1.807, 2.05) is 14.1 Å². The molecule has 26 heavy (non-hydrogen) atoms. The van der Waals surface area contributed by atoms with Crippen molar-refractivity contribution in [1.82, 2.24) is 10.2 Å². The maximum Gasteiger partial charge on any atom is 0.161 e. The molecule has 2 aromatic carbocycles. The number of aryl methyl sites for hydroxylation is 1. The zero-order chi connectivity index (χ0) is 18.7. The van der Waals surface area contributed by atoms with Crippen LogP contribution in [0.2, 0.25) is 0 Å². The zero-order valence-corrected chi connectivity index (χ0v) is 16.6. The molecule has 0 spiro atoms. The monoisotopic (exact) mass is 354 g/mol. The standard InChI is InChI=1S/C22H30N2O2/c1-15-7-6-8-18(16(15)2)22-19-14-21(26-12-11-24(3)4)20(25-5)13-17(19)9-10-23-22/h6-8,13-14,22-23H,9-12H2,1-5H3. The van der Waals surface area contributed by atoms with Crippen molar-refractivity contribution in [3.8, 4) is 11.5 Å². The van der Waals surface area contributed by atoms with Crippen LogP contribution in [0.4, 0.5) is 0 Å². The summed E-state index contributed by atoms with van der Waals surface area (Å²) < 4.78 is 11.6. The quantitative estimate of drug-likeness (QED) is 0.861. The number of methoxy groups -OCH3 is 1. The van der Waals surface area contributed by atoms with Gasteiger partial charge in [0.15, 0.2) is 11.5 Å². The predicted octanol–water partition coefficient (Wildman–Crippen LogP) is 3.49. The molecule has 1 aliphatic heterocycles. The molecule has 4 heteroatoms. The first-order valence-electron chi connectivity index (χ1n) is 9.29. The fraction of sp³-hybridized carbons (Fsp3) is 0.455. The number of hydrogen-bond donors (Lipinski definition) is 1. The fourth-order valence-corrected chi connectivity index (χ4v) is 3.54. The molecule has 1 heterocycles. The summed E-state index contributed by atoms with van der Waals surface area (Å²) in [4.78, 5) is 2.12. The van der Waals surface area contributed by atoms with E-state index < -0.39 is 0 Å². The van der Waals surface area contributed by atoms with Gasteiger partial charge in [-0.15, -0.1) is 0 Å². The van der Waals surface area contributed by atoms with Crippen molar-refractivity contribution in [2.45, 2.75) is 26.3 Å². The topological polar surface area (TPSA) is 33.7 Å². The second kappa shape index (κ2) is 8.11. The first-order valence-corrected chi connectivity index (χ1v) is 9.29. The largest absolute Gasteiger partial charge is 0.493 e. The molecule has 1 unspecified atom stereocenters. The predicted molar refractivity (Wildman–Crippen MR) is 107 cm³/mol. The number of likely N-dealkylation sites (N-methyl/N-ethyl adjacent to an activating group) is 1. The van der Waals surface area contributed by atoms with Gasteiger partial charge in [0.05, 0.1) is 13.2 Å². The number of ether oxygens (including phenoxy) is 2. The van der Waals surface area contributed by atoms with Crippen LogP contribution in [0.1, 0.15) is 33.9 Å².